The minimum Gasteiger partial charge on any atom is -0.490 e. The summed E-state index contributed by atoms with van der Waals surface area (Å²) in [7, 11) is 0. The van der Waals surface area contributed by atoms with Crippen LogP contribution in [0.25, 0.3) is 0 Å². The van der Waals surface area contributed by atoms with Gasteiger partial charge in [-0.05, 0) is 31.4 Å². The molecule has 1 aliphatic carbocycles. The molecule has 1 saturated carbocycles. The Morgan fingerprint density at radius 1 is 1.40 bits per heavy atom. The zero-order valence-corrected chi connectivity index (χ0v) is 9.03. The van der Waals surface area contributed by atoms with E-state index in [0.717, 1.165) is 24.2 Å². The number of Topliss-reactive ketones (excluding diaryl/α,β-unsaturated/α-hetero) is 1. The van der Waals surface area contributed by atoms with E-state index in [1.54, 1.807) is 0 Å². The summed E-state index contributed by atoms with van der Waals surface area (Å²) in [5.41, 5.74) is 0.729. The SMILES string of the molecule is CCC(=O)c1ccccc1OC1CCC1. The van der Waals surface area contributed by atoms with Gasteiger partial charge in [-0.3, -0.25) is 4.79 Å². The van der Waals surface area contributed by atoms with Crippen molar-refractivity contribution in [3.8, 4) is 5.75 Å². The fourth-order valence-corrected chi connectivity index (χ4v) is 1.66. The molecule has 0 atom stereocenters. The van der Waals surface area contributed by atoms with Gasteiger partial charge in [0, 0.05) is 6.42 Å². The summed E-state index contributed by atoms with van der Waals surface area (Å²) in [4.78, 5) is 11.6. The molecule has 0 heterocycles. The molecule has 1 fully saturated rings. The van der Waals surface area contributed by atoms with Gasteiger partial charge in [-0.1, -0.05) is 19.1 Å². The Morgan fingerprint density at radius 2 is 2.13 bits per heavy atom. The smallest absolute Gasteiger partial charge is 0.166 e. The van der Waals surface area contributed by atoms with E-state index < -0.39 is 0 Å². The van der Waals surface area contributed by atoms with Crippen LogP contribution < -0.4 is 4.74 Å². The number of carbonyl (C=O) groups is 1. The first-order chi connectivity index (χ1) is 7.31. The molecule has 0 aromatic heterocycles. The van der Waals surface area contributed by atoms with Gasteiger partial charge in [0.25, 0.3) is 0 Å². The molecule has 0 amide bonds. The number of carbonyl (C=O) groups excluding carboxylic acids is 1. The van der Waals surface area contributed by atoms with Gasteiger partial charge in [-0.25, -0.2) is 0 Å². The standard InChI is InChI=1S/C13H16O2/c1-2-12(14)11-8-3-4-9-13(11)15-10-6-5-7-10/h3-4,8-10H,2,5-7H2,1H3. The second-order valence-corrected chi connectivity index (χ2v) is 3.94. The van der Waals surface area contributed by atoms with Crippen LogP contribution in [0.5, 0.6) is 5.75 Å². The molecular formula is C13H16O2. The minimum absolute atomic E-state index is 0.157. The van der Waals surface area contributed by atoms with Crippen molar-refractivity contribution in [2.24, 2.45) is 0 Å². The number of benzene rings is 1. The van der Waals surface area contributed by atoms with Crippen LogP contribution in [0.1, 0.15) is 43.0 Å². The van der Waals surface area contributed by atoms with E-state index in [0.29, 0.717) is 12.5 Å². The van der Waals surface area contributed by atoms with Crippen LogP contribution in [0, 0.1) is 0 Å². The van der Waals surface area contributed by atoms with E-state index in [-0.39, 0.29) is 5.78 Å². The van der Waals surface area contributed by atoms with E-state index in [2.05, 4.69) is 0 Å². The van der Waals surface area contributed by atoms with Crippen LogP contribution in [-0.4, -0.2) is 11.9 Å². The Labute approximate surface area is 90.3 Å². The molecule has 0 bridgehead atoms. The highest BCUT2D eigenvalue weighted by Crippen LogP contribution is 2.28. The maximum atomic E-state index is 11.6. The van der Waals surface area contributed by atoms with Crippen LogP contribution in [-0.2, 0) is 0 Å². The lowest BCUT2D eigenvalue weighted by Gasteiger charge is -2.27. The van der Waals surface area contributed by atoms with Crippen LogP contribution in [0.4, 0.5) is 0 Å². The largest absolute Gasteiger partial charge is 0.490 e. The van der Waals surface area contributed by atoms with Crippen molar-refractivity contribution in [3.05, 3.63) is 29.8 Å². The average Bonchev–Trinajstić information content (AvgIpc) is 2.23. The van der Waals surface area contributed by atoms with Gasteiger partial charge in [0.2, 0.25) is 0 Å². The number of ether oxygens (including phenoxy) is 1. The third kappa shape index (κ3) is 2.20. The van der Waals surface area contributed by atoms with Gasteiger partial charge in [-0.2, -0.15) is 0 Å². The fourth-order valence-electron chi connectivity index (χ4n) is 1.66. The van der Waals surface area contributed by atoms with E-state index in [1.807, 2.05) is 31.2 Å². The number of hydrogen-bond acceptors (Lipinski definition) is 2. The molecule has 2 rings (SSSR count). The monoisotopic (exact) mass is 204 g/mol. The zero-order valence-electron chi connectivity index (χ0n) is 9.03. The predicted octanol–water partition coefficient (Wildman–Crippen LogP) is 3.21. The molecular weight excluding hydrogens is 188 g/mol. The predicted molar refractivity (Wildman–Crippen MR) is 59.3 cm³/mol. The topological polar surface area (TPSA) is 26.3 Å². The second kappa shape index (κ2) is 4.47. The van der Waals surface area contributed by atoms with Crippen LogP contribution in [0.15, 0.2) is 24.3 Å². The van der Waals surface area contributed by atoms with Gasteiger partial charge in [0.05, 0.1) is 11.7 Å². The van der Waals surface area contributed by atoms with Crippen molar-refractivity contribution < 1.29 is 9.53 Å². The molecule has 0 unspecified atom stereocenters. The van der Waals surface area contributed by atoms with Gasteiger partial charge in [0.15, 0.2) is 5.78 Å². The molecule has 0 saturated heterocycles. The summed E-state index contributed by atoms with van der Waals surface area (Å²) in [5, 5.41) is 0. The van der Waals surface area contributed by atoms with Gasteiger partial charge in [0.1, 0.15) is 5.75 Å². The molecule has 2 nitrogen and oxygen atoms in total. The van der Waals surface area contributed by atoms with Crippen molar-refractivity contribution in [1.82, 2.24) is 0 Å². The molecule has 15 heavy (non-hydrogen) atoms. The van der Waals surface area contributed by atoms with Crippen molar-refractivity contribution in [2.75, 3.05) is 0 Å². The lowest BCUT2D eigenvalue weighted by atomic mass is 9.96. The van der Waals surface area contributed by atoms with Crippen molar-refractivity contribution in [1.29, 1.82) is 0 Å². The Morgan fingerprint density at radius 3 is 2.73 bits per heavy atom. The first-order valence-corrected chi connectivity index (χ1v) is 5.60. The molecule has 80 valence electrons. The molecule has 0 spiro atoms. The van der Waals surface area contributed by atoms with Crippen molar-refractivity contribution in [3.63, 3.8) is 0 Å². The summed E-state index contributed by atoms with van der Waals surface area (Å²) in [6, 6.07) is 7.54. The second-order valence-electron chi connectivity index (χ2n) is 3.94. The third-order valence-corrected chi connectivity index (χ3v) is 2.85. The molecule has 1 aliphatic rings. The maximum Gasteiger partial charge on any atom is 0.166 e. The normalized spacial score (nSPS) is 15.8. The van der Waals surface area contributed by atoms with E-state index in [9.17, 15) is 4.79 Å². The van der Waals surface area contributed by atoms with Gasteiger partial charge in [-0.15, -0.1) is 0 Å². The third-order valence-electron chi connectivity index (χ3n) is 2.85. The van der Waals surface area contributed by atoms with Crippen LogP contribution in [0.2, 0.25) is 0 Å². The summed E-state index contributed by atoms with van der Waals surface area (Å²) < 4.78 is 5.78. The van der Waals surface area contributed by atoms with Crippen molar-refractivity contribution in [2.45, 2.75) is 38.7 Å². The lowest BCUT2D eigenvalue weighted by Crippen LogP contribution is -2.25. The van der Waals surface area contributed by atoms with Crippen LogP contribution in [0.3, 0.4) is 0 Å². The highest BCUT2D eigenvalue weighted by Gasteiger charge is 2.21. The number of para-hydroxylation sites is 1. The summed E-state index contributed by atoms with van der Waals surface area (Å²) in [5.74, 6) is 0.916. The Kier molecular flexibility index (Phi) is 3.05. The van der Waals surface area contributed by atoms with Crippen LogP contribution >= 0.6 is 0 Å². The highest BCUT2D eigenvalue weighted by atomic mass is 16.5. The minimum atomic E-state index is 0.157. The first kappa shape index (κ1) is 10.2. The molecule has 2 heteroatoms. The molecule has 0 aliphatic heterocycles. The first-order valence-electron chi connectivity index (χ1n) is 5.60. The van der Waals surface area contributed by atoms with Gasteiger partial charge >= 0.3 is 0 Å². The van der Waals surface area contributed by atoms with Crippen molar-refractivity contribution >= 4 is 5.78 Å². The van der Waals surface area contributed by atoms with E-state index in [1.165, 1.54) is 6.42 Å². The Balaban J connectivity index is 2.16. The van der Waals surface area contributed by atoms with E-state index in [4.69, 9.17) is 4.74 Å². The molecule has 1 aromatic carbocycles. The quantitative estimate of drug-likeness (QED) is 0.704. The number of ketones is 1. The summed E-state index contributed by atoms with van der Waals surface area (Å²) in [6.45, 7) is 1.88. The average molecular weight is 204 g/mol. The molecule has 0 N–H and O–H groups in total. The summed E-state index contributed by atoms with van der Waals surface area (Å²) in [6.07, 6.45) is 4.35. The van der Waals surface area contributed by atoms with Gasteiger partial charge < -0.3 is 4.74 Å². The zero-order chi connectivity index (χ0) is 10.7. The number of hydrogen-bond donors (Lipinski definition) is 0. The number of rotatable bonds is 4. The molecule has 1 aromatic rings. The Bertz CT molecular complexity index is 353. The fraction of sp³-hybridized carbons (Fsp3) is 0.462. The maximum absolute atomic E-state index is 11.6. The lowest BCUT2D eigenvalue weighted by molar-refractivity contribution is 0.0960. The Hall–Kier alpha value is -1.31. The van der Waals surface area contributed by atoms with E-state index >= 15 is 0 Å². The summed E-state index contributed by atoms with van der Waals surface area (Å²) >= 11 is 0. The molecule has 0 radical (unpaired) electrons. The highest BCUT2D eigenvalue weighted by molar-refractivity contribution is 5.98.